The first-order valence-corrected chi connectivity index (χ1v) is 7.53. The highest BCUT2D eigenvalue weighted by Crippen LogP contribution is 2.31. The minimum atomic E-state index is -0.313. The van der Waals surface area contributed by atoms with E-state index in [1.54, 1.807) is 0 Å². The van der Waals surface area contributed by atoms with Crippen molar-refractivity contribution < 1.29 is 5.11 Å². The van der Waals surface area contributed by atoms with E-state index in [1.165, 1.54) is 19.6 Å². The minimum Gasteiger partial charge on any atom is -0.394 e. The van der Waals surface area contributed by atoms with Gasteiger partial charge in [0.1, 0.15) is 0 Å². The molecule has 5 heteroatoms. The summed E-state index contributed by atoms with van der Waals surface area (Å²) >= 11 is 0. The lowest BCUT2D eigenvalue weighted by atomic mass is 10.0. The number of nitrogens with two attached hydrogens (primary N) is 1. The van der Waals surface area contributed by atoms with Gasteiger partial charge in [-0.25, -0.2) is 0 Å². The SMILES string of the molecule is CN(C)CCN1CCN(C2CCC(N)(CO)C2)CC1. The van der Waals surface area contributed by atoms with Gasteiger partial charge < -0.3 is 15.7 Å². The quantitative estimate of drug-likeness (QED) is 0.699. The van der Waals surface area contributed by atoms with Crippen LogP contribution in [0.2, 0.25) is 0 Å². The maximum Gasteiger partial charge on any atom is 0.0611 e. The van der Waals surface area contributed by atoms with Crippen molar-refractivity contribution in [3.05, 3.63) is 0 Å². The van der Waals surface area contributed by atoms with Gasteiger partial charge in [-0.2, -0.15) is 0 Å². The highest BCUT2D eigenvalue weighted by molar-refractivity contribution is 4.97. The zero-order valence-corrected chi connectivity index (χ0v) is 12.5. The summed E-state index contributed by atoms with van der Waals surface area (Å²) in [6.45, 7) is 7.08. The van der Waals surface area contributed by atoms with Gasteiger partial charge in [0.25, 0.3) is 0 Å². The van der Waals surface area contributed by atoms with Gasteiger partial charge in [-0.15, -0.1) is 0 Å². The highest BCUT2D eigenvalue weighted by atomic mass is 16.3. The lowest BCUT2D eigenvalue weighted by Gasteiger charge is -2.38. The molecule has 0 spiro atoms. The molecule has 5 nitrogen and oxygen atoms in total. The smallest absolute Gasteiger partial charge is 0.0611 e. The topological polar surface area (TPSA) is 56.0 Å². The molecular formula is C14H30N4O. The first-order valence-electron chi connectivity index (χ1n) is 7.53. The molecule has 2 aliphatic rings. The van der Waals surface area contributed by atoms with Crippen LogP contribution in [0.25, 0.3) is 0 Å². The molecule has 2 fully saturated rings. The number of nitrogens with zero attached hydrogens (tertiary/aromatic N) is 3. The van der Waals surface area contributed by atoms with Gasteiger partial charge in [0.2, 0.25) is 0 Å². The van der Waals surface area contributed by atoms with Gasteiger partial charge in [-0.1, -0.05) is 0 Å². The Kier molecular flexibility index (Phi) is 5.20. The summed E-state index contributed by atoms with van der Waals surface area (Å²) in [6.07, 6.45) is 3.07. The minimum absolute atomic E-state index is 0.131. The van der Waals surface area contributed by atoms with Crippen molar-refractivity contribution in [3.63, 3.8) is 0 Å². The summed E-state index contributed by atoms with van der Waals surface area (Å²) in [7, 11) is 4.26. The van der Waals surface area contributed by atoms with Crippen LogP contribution in [0.15, 0.2) is 0 Å². The average Bonchev–Trinajstić information content (AvgIpc) is 2.80. The number of rotatable bonds is 5. The molecule has 0 aromatic heterocycles. The maximum atomic E-state index is 9.35. The van der Waals surface area contributed by atoms with Crippen LogP contribution in [0.5, 0.6) is 0 Å². The van der Waals surface area contributed by atoms with Gasteiger partial charge in [0.05, 0.1) is 6.61 Å². The largest absolute Gasteiger partial charge is 0.394 e. The number of hydrogen-bond acceptors (Lipinski definition) is 5. The van der Waals surface area contributed by atoms with E-state index in [0.717, 1.165) is 38.9 Å². The summed E-state index contributed by atoms with van der Waals surface area (Å²) < 4.78 is 0. The normalized spacial score (nSPS) is 34.3. The van der Waals surface area contributed by atoms with Crippen LogP contribution in [0, 0.1) is 0 Å². The Balaban J connectivity index is 1.72. The Morgan fingerprint density at radius 2 is 1.95 bits per heavy atom. The molecule has 1 aliphatic heterocycles. The zero-order valence-electron chi connectivity index (χ0n) is 12.5. The predicted octanol–water partition coefficient (Wildman–Crippen LogP) is -0.592. The Morgan fingerprint density at radius 1 is 1.26 bits per heavy atom. The molecule has 0 amide bonds. The second kappa shape index (κ2) is 6.50. The fraction of sp³-hybridized carbons (Fsp3) is 1.00. The van der Waals surface area contributed by atoms with Crippen molar-refractivity contribution in [2.45, 2.75) is 30.8 Å². The third kappa shape index (κ3) is 4.13. The summed E-state index contributed by atoms with van der Waals surface area (Å²) in [5.41, 5.74) is 5.86. The number of likely N-dealkylation sites (N-methyl/N-ethyl adjacent to an activating group) is 1. The van der Waals surface area contributed by atoms with Gasteiger partial charge >= 0.3 is 0 Å². The zero-order chi connectivity index (χ0) is 13.9. The highest BCUT2D eigenvalue weighted by Gasteiger charge is 2.38. The monoisotopic (exact) mass is 270 g/mol. The van der Waals surface area contributed by atoms with Crippen LogP contribution in [0.3, 0.4) is 0 Å². The molecule has 0 bridgehead atoms. The van der Waals surface area contributed by atoms with E-state index in [4.69, 9.17) is 5.73 Å². The van der Waals surface area contributed by atoms with E-state index >= 15 is 0 Å². The fourth-order valence-corrected chi connectivity index (χ4v) is 3.28. The molecule has 2 unspecified atom stereocenters. The molecule has 112 valence electrons. The third-order valence-electron chi connectivity index (χ3n) is 4.72. The molecule has 1 aliphatic carbocycles. The molecule has 2 atom stereocenters. The molecule has 2 rings (SSSR count). The van der Waals surface area contributed by atoms with Gasteiger partial charge in [-0.05, 0) is 33.4 Å². The van der Waals surface area contributed by atoms with E-state index in [0.29, 0.717) is 6.04 Å². The number of hydrogen-bond donors (Lipinski definition) is 2. The summed E-state index contributed by atoms with van der Waals surface area (Å²) in [4.78, 5) is 7.37. The number of piperazine rings is 1. The van der Waals surface area contributed by atoms with Crippen molar-refractivity contribution >= 4 is 0 Å². The number of aliphatic hydroxyl groups is 1. The molecule has 1 saturated carbocycles. The lowest BCUT2D eigenvalue weighted by molar-refractivity contribution is 0.0882. The van der Waals surface area contributed by atoms with Crippen LogP contribution in [-0.2, 0) is 0 Å². The standard InChI is InChI=1S/C14H30N4O/c1-16(2)5-6-17-7-9-18(10-8-17)13-3-4-14(15,11-13)12-19/h13,19H,3-12,15H2,1-2H3. The van der Waals surface area contributed by atoms with Crippen molar-refractivity contribution in [3.8, 4) is 0 Å². The van der Waals surface area contributed by atoms with E-state index in [1.807, 2.05) is 0 Å². The van der Waals surface area contributed by atoms with E-state index in [2.05, 4.69) is 28.8 Å². The van der Waals surface area contributed by atoms with Crippen LogP contribution in [-0.4, -0.2) is 91.4 Å². The van der Waals surface area contributed by atoms with Gasteiger partial charge in [0, 0.05) is 50.8 Å². The van der Waals surface area contributed by atoms with Crippen LogP contribution in [0.1, 0.15) is 19.3 Å². The molecule has 0 radical (unpaired) electrons. The Labute approximate surface area is 117 Å². The Morgan fingerprint density at radius 3 is 2.47 bits per heavy atom. The molecule has 0 aromatic carbocycles. The van der Waals surface area contributed by atoms with Gasteiger partial charge in [-0.3, -0.25) is 9.80 Å². The number of aliphatic hydroxyl groups excluding tert-OH is 1. The van der Waals surface area contributed by atoms with Gasteiger partial charge in [0.15, 0.2) is 0 Å². The summed E-state index contributed by atoms with van der Waals surface area (Å²) in [5.74, 6) is 0. The summed E-state index contributed by atoms with van der Waals surface area (Å²) in [6, 6.07) is 0.591. The lowest BCUT2D eigenvalue weighted by Crippen LogP contribution is -2.52. The summed E-state index contributed by atoms with van der Waals surface area (Å²) in [5, 5.41) is 9.35. The van der Waals surface area contributed by atoms with Crippen molar-refractivity contribution in [1.29, 1.82) is 0 Å². The Hall–Kier alpha value is -0.200. The van der Waals surface area contributed by atoms with E-state index < -0.39 is 0 Å². The van der Waals surface area contributed by atoms with Crippen LogP contribution >= 0.6 is 0 Å². The van der Waals surface area contributed by atoms with E-state index in [9.17, 15) is 5.11 Å². The second-order valence-corrected chi connectivity index (χ2v) is 6.60. The van der Waals surface area contributed by atoms with Crippen molar-refractivity contribution in [1.82, 2.24) is 14.7 Å². The average molecular weight is 270 g/mol. The first kappa shape index (κ1) is 15.2. The van der Waals surface area contributed by atoms with Crippen LogP contribution in [0.4, 0.5) is 0 Å². The molecule has 0 aromatic rings. The fourth-order valence-electron chi connectivity index (χ4n) is 3.28. The molecule has 19 heavy (non-hydrogen) atoms. The first-order chi connectivity index (χ1) is 9.02. The third-order valence-corrected chi connectivity index (χ3v) is 4.72. The predicted molar refractivity (Wildman–Crippen MR) is 78.2 cm³/mol. The molecular weight excluding hydrogens is 240 g/mol. The molecule has 1 heterocycles. The van der Waals surface area contributed by atoms with Crippen LogP contribution < -0.4 is 5.73 Å². The Bertz CT molecular complexity index is 279. The molecule has 1 saturated heterocycles. The van der Waals surface area contributed by atoms with E-state index in [-0.39, 0.29) is 12.1 Å². The molecule has 3 N–H and O–H groups in total. The maximum absolute atomic E-state index is 9.35. The second-order valence-electron chi connectivity index (χ2n) is 6.60. The van der Waals surface area contributed by atoms with Crippen molar-refractivity contribution in [2.24, 2.45) is 5.73 Å². The van der Waals surface area contributed by atoms with Crippen molar-refractivity contribution in [2.75, 3.05) is 60.0 Å².